The first-order chi connectivity index (χ1) is 16.2. The molecule has 164 valence electrons. The quantitative estimate of drug-likeness (QED) is 0.436. The first kappa shape index (κ1) is 20.9. The van der Waals surface area contributed by atoms with E-state index in [0.717, 1.165) is 21.9 Å². The van der Waals surface area contributed by atoms with Gasteiger partial charge in [0.05, 0.1) is 12.5 Å². The lowest BCUT2D eigenvalue weighted by Crippen LogP contribution is -2.37. The smallest absolute Gasteiger partial charge is 0.233 e. The van der Waals surface area contributed by atoms with Gasteiger partial charge in [0.15, 0.2) is 0 Å². The van der Waals surface area contributed by atoms with Crippen molar-refractivity contribution in [3.05, 3.63) is 108 Å². The molecular weight excluding hydrogens is 410 g/mol. The fourth-order valence-corrected chi connectivity index (χ4v) is 4.50. The van der Waals surface area contributed by atoms with Crippen molar-refractivity contribution in [1.29, 1.82) is 0 Å². The van der Waals surface area contributed by atoms with Crippen LogP contribution in [0, 0.1) is 5.92 Å². The van der Waals surface area contributed by atoms with Crippen LogP contribution in [0.1, 0.15) is 17.5 Å². The molecule has 0 bridgehead atoms. The lowest BCUT2D eigenvalue weighted by atomic mass is 10.0. The predicted molar refractivity (Wildman–Crippen MR) is 129 cm³/mol. The maximum Gasteiger partial charge on any atom is 0.233 e. The third-order valence-corrected chi connectivity index (χ3v) is 6.18. The molecule has 3 aromatic carbocycles. The van der Waals surface area contributed by atoms with Crippen LogP contribution in [0.25, 0.3) is 10.8 Å². The number of amides is 2. The molecule has 5 rings (SSSR count). The van der Waals surface area contributed by atoms with E-state index in [-0.39, 0.29) is 18.2 Å². The van der Waals surface area contributed by atoms with Gasteiger partial charge in [-0.1, -0.05) is 78.9 Å². The Labute approximate surface area is 193 Å². The maximum atomic E-state index is 13.7. The molecule has 2 heterocycles. The number of nitrogens with zero attached hydrogens (tertiary/aromatic N) is 3. The average molecular weight is 436 g/mol. The van der Waals surface area contributed by atoms with Crippen molar-refractivity contribution >= 4 is 28.4 Å². The summed E-state index contributed by atoms with van der Waals surface area (Å²) >= 11 is 0. The Hall–Kier alpha value is -3.99. The Morgan fingerprint density at radius 2 is 1.67 bits per heavy atom. The summed E-state index contributed by atoms with van der Waals surface area (Å²) in [5, 5.41) is 2.25. The second-order valence-electron chi connectivity index (χ2n) is 8.41. The summed E-state index contributed by atoms with van der Waals surface area (Å²) in [6.07, 6.45) is 1.92. The van der Waals surface area contributed by atoms with Gasteiger partial charge in [-0.15, -0.1) is 0 Å². The topological polar surface area (TPSA) is 53.5 Å². The number of hydrogen-bond donors (Lipinski definition) is 0. The van der Waals surface area contributed by atoms with E-state index >= 15 is 0 Å². The molecule has 0 saturated carbocycles. The van der Waals surface area contributed by atoms with E-state index in [4.69, 9.17) is 0 Å². The molecule has 4 aromatic rings. The van der Waals surface area contributed by atoms with E-state index in [0.29, 0.717) is 25.5 Å². The monoisotopic (exact) mass is 435 g/mol. The van der Waals surface area contributed by atoms with Crippen molar-refractivity contribution in [2.75, 3.05) is 11.4 Å². The molecule has 1 saturated heterocycles. The highest BCUT2D eigenvalue weighted by molar-refractivity contribution is 5.99. The van der Waals surface area contributed by atoms with Crippen LogP contribution < -0.4 is 4.90 Å². The molecule has 0 N–H and O–H groups in total. The van der Waals surface area contributed by atoms with Gasteiger partial charge in [-0.05, 0) is 34.0 Å². The second-order valence-corrected chi connectivity index (χ2v) is 8.41. The van der Waals surface area contributed by atoms with Crippen LogP contribution in [0.3, 0.4) is 0 Å². The Morgan fingerprint density at radius 3 is 2.48 bits per heavy atom. The van der Waals surface area contributed by atoms with Gasteiger partial charge < -0.3 is 4.90 Å². The standard InChI is InChI=1S/C28H25N3O2/c32-27-17-24(19-30(27)18-21-9-2-1-3-10-21)28(33)31(26-15-6-7-16-29-26)20-23-13-8-12-22-11-4-5-14-25(22)23/h1-16,24H,17-20H2. The number of carbonyl (C=O) groups excluding carboxylic acids is 2. The summed E-state index contributed by atoms with van der Waals surface area (Å²) < 4.78 is 0. The lowest BCUT2D eigenvalue weighted by molar-refractivity contribution is -0.128. The molecule has 1 aliphatic heterocycles. The highest BCUT2D eigenvalue weighted by atomic mass is 16.2. The molecule has 1 unspecified atom stereocenters. The minimum atomic E-state index is -0.391. The Balaban J connectivity index is 1.41. The largest absolute Gasteiger partial charge is 0.338 e. The molecule has 1 aliphatic rings. The molecule has 0 radical (unpaired) electrons. The Kier molecular flexibility index (Phi) is 5.85. The van der Waals surface area contributed by atoms with Gasteiger partial charge in [0.25, 0.3) is 0 Å². The van der Waals surface area contributed by atoms with Crippen LogP contribution in [0.4, 0.5) is 5.82 Å². The first-order valence-corrected chi connectivity index (χ1v) is 11.2. The van der Waals surface area contributed by atoms with Crippen LogP contribution in [0.5, 0.6) is 0 Å². The number of anilines is 1. The molecule has 1 fully saturated rings. The molecule has 2 amide bonds. The number of benzene rings is 3. The van der Waals surface area contributed by atoms with Crippen molar-refractivity contribution in [1.82, 2.24) is 9.88 Å². The molecule has 33 heavy (non-hydrogen) atoms. The van der Waals surface area contributed by atoms with Gasteiger partial charge in [0.2, 0.25) is 11.8 Å². The Morgan fingerprint density at radius 1 is 0.909 bits per heavy atom. The van der Waals surface area contributed by atoms with Crippen LogP contribution in [-0.4, -0.2) is 28.2 Å². The average Bonchev–Trinajstić information content (AvgIpc) is 3.23. The number of carbonyl (C=O) groups is 2. The summed E-state index contributed by atoms with van der Waals surface area (Å²) in [4.78, 5) is 34.4. The van der Waals surface area contributed by atoms with Crippen molar-refractivity contribution in [3.63, 3.8) is 0 Å². The molecule has 0 spiro atoms. The second kappa shape index (κ2) is 9.25. The van der Waals surface area contributed by atoms with Gasteiger partial charge >= 0.3 is 0 Å². The molecule has 0 aliphatic carbocycles. The maximum absolute atomic E-state index is 13.7. The zero-order chi connectivity index (χ0) is 22.6. The van der Waals surface area contributed by atoms with Gasteiger partial charge in [-0.3, -0.25) is 14.5 Å². The minimum absolute atomic E-state index is 0.0170. The molecule has 1 aromatic heterocycles. The number of hydrogen-bond acceptors (Lipinski definition) is 3. The van der Waals surface area contributed by atoms with Gasteiger partial charge in [-0.2, -0.15) is 0 Å². The van der Waals surface area contributed by atoms with E-state index < -0.39 is 5.92 Å². The van der Waals surface area contributed by atoms with Gasteiger partial charge in [-0.25, -0.2) is 4.98 Å². The summed E-state index contributed by atoms with van der Waals surface area (Å²) in [6.45, 7) is 1.35. The summed E-state index contributed by atoms with van der Waals surface area (Å²) in [7, 11) is 0. The van der Waals surface area contributed by atoms with Gasteiger partial charge in [0.1, 0.15) is 5.82 Å². The number of pyridine rings is 1. The summed E-state index contributed by atoms with van der Waals surface area (Å²) in [5.74, 6) is 0.163. The highest BCUT2D eigenvalue weighted by Crippen LogP contribution is 2.27. The number of fused-ring (bicyclic) bond motifs is 1. The third kappa shape index (κ3) is 4.48. The SMILES string of the molecule is O=C1CC(C(=O)N(Cc2cccc3ccccc23)c2ccccn2)CN1Cc1ccccc1. The Bertz CT molecular complexity index is 1270. The van der Waals surface area contributed by atoms with Crippen LogP contribution in [-0.2, 0) is 22.7 Å². The summed E-state index contributed by atoms with van der Waals surface area (Å²) in [5.41, 5.74) is 2.12. The highest BCUT2D eigenvalue weighted by Gasteiger charge is 2.37. The number of aromatic nitrogens is 1. The molecule has 1 atom stereocenters. The van der Waals surface area contributed by atoms with Crippen molar-refractivity contribution in [2.24, 2.45) is 5.92 Å². The summed E-state index contributed by atoms with van der Waals surface area (Å²) in [6, 6.07) is 29.8. The zero-order valence-corrected chi connectivity index (χ0v) is 18.3. The van der Waals surface area contributed by atoms with Crippen molar-refractivity contribution in [2.45, 2.75) is 19.5 Å². The third-order valence-electron chi connectivity index (χ3n) is 6.18. The molecular formula is C28H25N3O2. The van der Waals surface area contributed by atoms with E-state index in [1.54, 1.807) is 16.0 Å². The van der Waals surface area contributed by atoms with Crippen molar-refractivity contribution in [3.8, 4) is 0 Å². The van der Waals surface area contributed by atoms with Crippen LogP contribution in [0.2, 0.25) is 0 Å². The van der Waals surface area contributed by atoms with E-state index in [1.807, 2.05) is 72.8 Å². The lowest BCUT2D eigenvalue weighted by Gasteiger charge is -2.25. The zero-order valence-electron chi connectivity index (χ0n) is 18.3. The van der Waals surface area contributed by atoms with Crippen molar-refractivity contribution < 1.29 is 9.59 Å². The van der Waals surface area contributed by atoms with Crippen LogP contribution in [0.15, 0.2) is 97.2 Å². The van der Waals surface area contributed by atoms with E-state index in [2.05, 4.69) is 23.2 Å². The first-order valence-electron chi connectivity index (χ1n) is 11.2. The molecule has 5 nitrogen and oxygen atoms in total. The van der Waals surface area contributed by atoms with E-state index in [9.17, 15) is 9.59 Å². The predicted octanol–water partition coefficient (Wildman–Crippen LogP) is 4.82. The minimum Gasteiger partial charge on any atom is -0.338 e. The van der Waals surface area contributed by atoms with Gasteiger partial charge in [0, 0.05) is 25.7 Å². The molecule has 5 heteroatoms. The number of rotatable bonds is 6. The fraction of sp³-hybridized carbons (Fsp3) is 0.179. The van der Waals surface area contributed by atoms with Crippen LogP contribution >= 0.6 is 0 Å². The van der Waals surface area contributed by atoms with E-state index in [1.165, 1.54) is 0 Å². The fourth-order valence-electron chi connectivity index (χ4n) is 4.50. The normalized spacial score (nSPS) is 15.7. The number of likely N-dealkylation sites (tertiary alicyclic amines) is 1.